The van der Waals surface area contributed by atoms with E-state index in [2.05, 4.69) is 26.6 Å². The fourth-order valence-electron chi connectivity index (χ4n) is 18.4. The summed E-state index contributed by atoms with van der Waals surface area (Å²) in [6.07, 6.45) is 9.62. The number of unbranched alkanes of at least 4 members (excludes halogenated alkanes) is 19. The van der Waals surface area contributed by atoms with Gasteiger partial charge in [0.05, 0.1) is 45.4 Å². The summed E-state index contributed by atoms with van der Waals surface area (Å²) >= 11 is 0. The summed E-state index contributed by atoms with van der Waals surface area (Å²) in [7, 11) is 3.12. The van der Waals surface area contributed by atoms with Crippen LogP contribution in [-0.2, 0) is 144 Å². The van der Waals surface area contributed by atoms with E-state index in [1.54, 1.807) is 43.4 Å². The molecule has 3 aliphatic rings. The Hall–Kier alpha value is -10.8. The summed E-state index contributed by atoms with van der Waals surface area (Å²) in [5.41, 5.74) is 0.502. The van der Waals surface area contributed by atoms with Crippen molar-refractivity contribution in [1.29, 1.82) is 0 Å². The number of carbonyl (C=O) groups excluding carboxylic acids is 15. The average Bonchev–Trinajstić information content (AvgIpc) is 0.746. The molecule has 3 fully saturated rings. The van der Waals surface area contributed by atoms with E-state index in [1.807, 2.05) is 80.3 Å². The minimum absolute atomic E-state index is 0.0699. The molecular formula is C108H165N7O31. The highest BCUT2D eigenvalue weighted by Crippen LogP contribution is 2.43. The third-order valence-corrected chi connectivity index (χ3v) is 26.0. The molecule has 38 nitrogen and oxygen atoms in total. The monoisotopic (exact) mass is 2060 g/mol. The van der Waals surface area contributed by atoms with Gasteiger partial charge in [-0.1, -0.05) is 172 Å². The first kappa shape index (κ1) is 124. The maximum Gasteiger partial charge on any atom is 0.307 e. The van der Waals surface area contributed by atoms with Gasteiger partial charge in [-0.05, 0) is 112 Å². The third kappa shape index (κ3) is 45.9. The second-order valence-electron chi connectivity index (χ2n) is 38.1. The van der Waals surface area contributed by atoms with Crippen LogP contribution in [0.5, 0.6) is 11.5 Å². The third-order valence-electron chi connectivity index (χ3n) is 26.0. The molecule has 0 aromatic heterocycles. The number of Topliss-reactive ketones (excluding diaryl/α,β-unsaturated/α-hetero) is 1. The molecule has 3 aliphatic heterocycles. The largest absolute Gasteiger partial charge is 0.497 e. The van der Waals surface area contributed by atoms with Crippen molar-refractivity contribution in [3.05, 3.63) is 95.6 Å². The molecule has 3 saturated heterocycles. The van der Waals surface area contributed by atoms with Crippen molar-refractivity contribution < 1.29 is 148 Å². The first-order valence-corrected chi connectivity index (χ1v) is 52.3. The summed E-state index contributed by atoms with van der Waals surface area (Å²) in [5.74, 6) is -6.38. The van der Waals surface area contributed by atoms with Gasteiger partial charge in [0.1, 0.15) is 79.3 Å². The molecule has 7 unspecified atom stereocenters. The molecule has 3 heterocycles. The zero-order chi connectivity index (χ0) is 107. The Labute approximate surface area is 861 Å². The molecule has 3 aromatic rings. The van der Waals surface area contributed by atoms with Crippen LogP contribution in [0.3, 0.4) is 0 Å². The molecule has 6 rings (SSSR count). The summed E-state index contributed by atoms with van der Waals surface area (Å²) in [6.45, 7) is 19.8. The molecule has 0 saturated carbocycles. The Morgan fingerprint density at radius 2 is 0.678 bits per heavy atom. The highest BCUT2D eigenvalue weighted by atomic mass is 16.7. The Morgan fingerprint density at radius 1 is 0.356 bits per heavy atom. The number of methoxy groups -OCH3 is 2. The van der Waals surface area contributed by atoms with E-state index < -0.39 is 157 Å². The number of ketones is 1. The van der Waals surface area contributed by atoms with Crippen molar-refractivity contribution in [2.45, 2.75) is 368 Å². The first-order chi connectivity index (χ1) is 69.9. The first-order valence-electron chi connectivity index (χ1n) is 52.3. The predicted molar refractivity (Wildman–Crippen MR) is 537 cm³/mol. The lowest BCUT2D eigenvalue weighted by molar-refractivity contribution is -0.262. The zero-order valence-electron chi connectivity index (χ0n) is 88.7. The van der Waals surface area contributed by atoms with Crippen LogP contribution in [0, 0.1) is 17.8 Å². The number of nitrogens with one attached hydrogen (secondary N) is 5. The Morgan fingerprint density at radius 3 is 1.01 bits per heavy atom. The smallest absolute Gasteiger partial charge is 0.307 e. The molecule has 5 N–H and O–H groups in total. The van der Waals surface area contributed by atoms with Gasteiger partial charge in [0.2, 0.25) is 41.5 Å². The van der Waals surface area contributed by atoms with Gasteiger partial charge in [-0.3, -0.25) is 67.1 Å². The molecule has 0 radical (unpaired) electrons. The number of amides is 7. The van der Waals surface area contributed by atoms with E-state index in [4.69, 9.17) is 75.8 Å². The van der Waals surface area contributed by atoms with Crippen LogP contribution in [0.25, 0.3) is 0 Å². The van der Waals surface area contributed by atoms with Gasteiger partial charge in [-0.25, -0.2) is 0 Å². The van der Waals surface area contributed by atoms with Gasteiger partial charge in [0.15, 0.2) is 18.9 Å². The Kier molecular flexibility index (Phi) is 58.3. The van der Waals surface area contributed by atoms with Crippen LogP contribution in [-0.4, -0.2) is 278 Å². The number of carbonyl (C=O) groups is 15. The van der Waals surface area contributed by atoms with Crippen molar-refractivity contribution in [2.24, 2.45) is 17.8 Å². The van der Waals surface area contributed by atoms with Gasteiger partial charge in [-0.15, -0.1) is 0 Å². The van der Waals surface area contributed by atoms with Gasteiger partial charge in [0, 0.05) is 165 Å². The van der Waals surface area contributed by atoms with Gasteiger partial charge in [-0.2, -0.15) is 0 Å². The molecule has 0 aliphatic carbocycles. The minimum atomic E-state index is -1.58. The van der Waals surface area contributed by atoms with Crippen LogP contribution >= 0.6 is 0 Å². The number of benzene rings is 3. The highest BCUT2D eigenvalue weighted by Gasteiger charge is 2.51. The van der Waals surface area contributed by atoms with Gasteiger partial charge < -0.3 is 117 Å². The molecule has 146 heavy (non-hydrogen) atoms. The van der Waals surface area contributed by atoms with Crippen molar-refractivity contribution in [2.75, 3.05) is 99.7 Å². The minimum Gasteiger partial charge on any atom is -0.497 e. The normalized spacial score (nSPS) is 20.9. The van der Waals surface area contributed by atoms with Crippen molar-refractivity contribution >= 4 is 88.9 Å². The number of ether oxygens (including phenoxy) is 16. The average molecular weight is 2060 g/mol. The molecule has 16 atom stereocenters. The standard InChI is InChI=1S/C108H165N7O31/c1-72(116)49-58-97(129)143-93(71-139-108(85-44-32-31-33-45-85,86-50-54-88(131-14)55-51-86)87-52-56-89(132-15)57-53-87)104(130)115(64-43-60-110-95(127)47-35-26-20-17-23-29-40-66-134-106-99(112-77(6)118)74(3)102(141-83(12)124)91(145-106)69-137-80(9)121)62-38-37-61-114(96(128)48-36-27-21-18-24-30-41-67-135-107-100(113-78(7)119)75(4)103(142-84(13)125)92(146-107)70-138-81(10)122)63-42-59-109-94(126)46-34-25-19-16-22-28-39-65-133-105-98(111-76(5)117)73(2)101(140-82(11)123)90(144-105)68-136-79(8)120/h31-33,44-45,50-57,73-75,90-93,98-103,105-107H,16-30,34-43,46-49,58-71H2,1-15H3,(H,109,126)(H,110,127)(H,111,117)(H,112,118)(H,113,119)/t73-,74-,75-,90?,91?,92?,93?,98?,99?,100?,101-,102-,103-,105-,106-,107-/m1/s1. The van der Waals surface area contributed by atoms with E-state index in [9.17, 15) is 67.1 Å². The number of rotatable bonds is 71. The fourth-order valence-corrected chi connectivity index (χ4v) is 18.4. The van der Waals surface area contributed by atoms with E-state index in [0.717, 1.165) is 96.3 Å². The lowest BCUT2D eigenvalue weighted by Crippen LogP contribution is -2.62. The second kappa shape index (κ2) is 68.7. The van der Waals surface area contributed by atoms with Crippen LogP contribution in [0.1, 0.15) is 299 Å². The predicted octanol–water partition coefficient (Wildman–Crippen LogP) is 12.2. The molecule has 0 bridgehead atoms. The van der Waals surface area contributed by atoms with Crippen molar-refractivity contribution in [3.63, 3.8) is 0 Å². The van der Waals surface area contributed by atoms with Crippen LogP contribution < -0.4 is 36.1 Å². The van der Waals surface area contributed by atoms with Crippen molar-refractivity contribution in [1.82, 2.24) is 36.4 Å². The van der Waals surface area contributed by atoms with Gasteiger partial charge in [0.25, 0.3) is 5.91 Å². The number of nitrogens with zero attached hydrogens (tertiary/aromatic N) is 2. The maximum absolute atomic E-state index is 15.8. The molecule has 3 aromatic carbocycles. The van der Waals surface area contributed by atoms with Crippen molar-refractivity contribution in [3.8, 4) is 11.5 Å². The summed E-state index contributed by atoms with van der Waals surface area (Å²) < 4.78 is 94.3. The molecular weight excluding hydrogens is 1890 g/mol. The zero-order valence-corrected chi connectivity index (χ0v) is 88.7. The topological polar surface area (TPSA) is 470 Å². The van der Waals surface area contributed by atoms with Gasteiger partial charge >= 0.3 is 41.8 Å². The summed E-state index contributed by atoms with van der Waals surface area (Å²) in [4.78, 5) is 196. The Balaban J connectivity index is 1.12. The van der Waals surface area contributed by atoms with Crippen LogP contribution in [0.15, 0.2) is 78.9 Å². The number of hydrogen-bond acceptors (Lipinski definition) is 31. The summed E-state index contributed by atoms with van der Waals surface area (Å²) in [5, 5.41) is 14.7. The van der Waals surface area contributed by atoms with E-state index in [-0.39, 0.29) is 106 Å². The molecule has 818 valence electrons. The van der Waals surface area contributed by atoms with E-state index in [1.165, 1.54) is 69.2 Å². The molecule has 0 spiro atoms. The lowest BCUT2D eigenvalue weighted by Gasteiger charge is -2.44. The van der Waals surface area contributed by atoms with Crippen LogP contribution in [0.4, 0.5) is 0 Å². The SMILES string of the molecule is COc1ccc(C(OCC(OC(=O)CCC(C)=O)C(=O)N(CCCCN(CCCNC(=O)CCCCCCCCCO[C@@H]2OC(COC(C)=O)[C@H](OC(C)=O)[C@H](C)C2NC(C)=O)C(=O)CCCCCCCCCO[C@@H]2OC(COC(C)=O)[C@H](OC(C)=O)[C@H](C)C2NC(C)=O)CCCNC(=O)CCCCCCCCCO[C@@H]2OC(COC(C)=O)[C@H](OC(C)=O)[C@H](C)C2NC(C)=O)(c2ccccc2)c2ccc(OC)cc2)cc1. The molecule has 7 amide bonds. The van der Waals surface area contributed by atoms with E-state index >= 15 is 4.79 Å². The fraction of sp³-hybridized carbons (Fsp3) is 0.694. The van der Waals surface area contributed by atoms with Crippen LogP contribution in [0.2, 0.25) is 0 Å². The number of hydrogen-bond donors (Lipinski definition) is 5. The number of esters is 7. The lowest BCUT2D eigenvalue weighted by atomic mass is 9.80. The quantitative estimate of drug-likeness (QED) is 0.0152. The Bertz CT molecular complexity index is 4420. The second-order valence-corrected chi connectivity index (χ2v) is 38.1. The summed E-state index contributed by atoms with van der Waals surface area (Å²) in [6, 6.07) is 22.1. The maximum atomic E-state index is 15.8. The molecule has 38 heteroatoms. The van der Waals surface area contributed by atoms with E-state index in [0.29, 0.717) is 138 Å². The highest BCUT2D eigenvalue weighted by molar-refractivity contribution is 5.86.